The van der Waals surface area contributed by atoms with Gasteiger partial charge in [0.15, 0.2) is 0 Å². The summed E-state index contributed by atoms with van der Waals surface area (Å²) in [5.41, 5.74) is 0.763. The molecule has 0 aliphatic carbocycles. The van der Waals surface area contributed by atoms with Gasteiger partial charge in [-0.2, -0.15) is 13.2 Å². The Hall–Kier alpha value is -1.92. The van der Waals surface area contributed by atoms with E-state index in [9.17, 15) is 17.6 Å². The fourth-order valence-electron chi connectivity index (χ4n) is 2.80. The topological polar surface area (TPSA) is 21.3 Å². The highest BCUT2D eigenvalue weighted by atomic mass is 19.4. The summed E-state index contributed by atoms with van der Waals surface area (Å²) in [4.78, 5) is 0. The van der Waals surface area contributed by atoms with Crippen molar-refractivity contribution in [1.29, 1.82) is 0 Å². The van der Waals surface area contributed by atoms with E-state index in [0.717, 1.165) is 31.6 Å². The molecule has 1 fully saturated rings. The highest BCUT2D eigenvalue weighted by molar-refractivity contribution is 5.68. The summed E-state index contributed by atoms with van der Waals surface area (Å²) < 4.78 is 58.1. The molecule has 2 nitrogen and oxygen atoms in total. The third-order valence-electron chi connectivity index (χ3n) is 4.06. The fourth-order valence-corrected chi connectivity index (χ4v) is 2.80. The Bertz CT molecular complexity index is 708. The van der Waals surface area contributed by atoms with Crippen molar-refractivity contribution in [3.63, 3.8) is 0 Å². The van der Waals surface area contributed by atoms with Gasteiger partial charge >= 0.3 is 6.18 Å². The van der Waals surface area contributed by atoms with Gasteiger partial charge in [-0.05, 0) is 53.9 Å². The van der Waals surface area contributed by atoms with Crippen LogP contribution < -0.4 is 5.32 Å². The minimum Gasteiger partial charge on any atom is -0.372 e. The SMILES string of the molecule is Fc1ccc(-c2cccc(C(F)(F)F)c2)c(COC2CCNC2)c1. The summed E-state index contributed by atoms with van der Waals surface area (Å²) >= 11 is 0. The molecule has 0 bridgehead atoms. The van der Waals surface area contributed by atoms with Crippen LogP contribution in [0.1, 0.15) is 17.5 Å². The molecule has 1 saturated heterocycles. The molecule has 1 N–H and O–H groups in total. The van der Waals surface area contributed by atoms with Crippen LogP contribution in [-0.2, 0) is 17.5 Å². The molecular formula is C18H17F4NO. The first-order chi connectivity index (χ1) is 11.4. The van der Waals surface area contributed by atoms with E-state index < -0.39 is 17.6 Å². The first-order valence-electron chi connectivity index (χ1n) is 7.72. The maximum atomic E-state index is 13.6. The van der Waals surface area contributed by atoms with Crippen molar-refractivity contribution in [1.82, 2.24) is 5.32 Å². The number of hydrogen-bond acceptors (Lipinski definition) is 2. The van der Waals surface area contributed by atoms with E-state index in [1.165, 1.54) is 24.3 Å². The van der Waals surface area contributed by atoms with Crippen LogP contribution in [0.25, 0.3) is 11.1 Å². The highest BCUT2D eigenvalue weighted by Crippen LogP contribution is 2.33. The van der Waals surface area contributed by atoms with Crippen LogP contribution in [0, 0.1) is 5.82 Å². The van der Waals surface area contributed by atoms with Crippen LogP contribution in [0.15, 0.2) is 42.5 Å². The Kier molecular flexibility index (Phi) is 4.87. The van der Waals surface area contributed by atoms with Gasteiger partial charge in [-0.15, -0.1) is 0 Å². The maximum absolute atomic E-state index is 13.6. The number of benzene rings is 2. The molecule has 0 spiro atoms. The predicted octanol–water partition coefficient (Wildman–Crippen LogP) is 4.39. The van der Waals surface area contributed by atoms with Gasteiger partial charge in [0.05, 0.1) is 18.3 Å². The summed E-state index contributed by atoms with van der Waals surface area (Å²) in [7, 11) is 0. The Morgan fingerprint density at radius 2 is 1.96 bits per heavy atom. The Balaban J connectivity index is 1.89. The maximum Gasteiger partial charge on any atom is 0.416 e. The summed E-state index contributed by atoms with van der Waals surface area (Å²) in [5.74, 6) is -0.436. The van der Waals surface area contributed by atoms with E-state index >= 15 is 0 Å². The number of hydrogen-bond donors (Lipinski definition) is 1. The predicted molar refractivity (Wildman–Crippen MR) is 82.9 cm³/mol. The number of rotatable bonds is 4. The van der Waals surface area contributed by atoms with E-state index in [1.54, 1.807) is 6.07 Å². The molecule has 1 atom stereocenters. The molecule has 3 rings (SSSR count). The lowest BCUT2D eigenvalue weighted by Gasteiger charge is -2.15. The summed E-state index contributed by atoms with van der Waals surface area (Å²) in [6.07, 6.45) is -3.50. The van der Waals surface area contributed by atoms with E-state index in [-0.39, 0.29) is 12.7 Å². The van der Waals surface area contributed by atoms with E-state index in [4.69, 9.17) is 4.74 Å². The molecule has 1 aliphatic rings. The first-order valence-corrected chi connectivity index (χ1v) is 7.72. The lowest BCUT2D eigenvalue weighted by Crippen LogP contribution is -2.16. The smallest absolute Gasteiger partial charge is 0.372 e. The second-order valence-corrected chi connectivity index (χ2v) is 5.81. The largest absolute Gasteiger partial charge is 0.416 e. The molecule has 128 valence electrons. The van der Waals surface area contributed by atoms with E-state index in [2.05, 4.69) is 5.32 Å². The van der Waals surface area contributed by atoms with Gasteiger partial charge in [-0.25, -0.2) is 4.39 Å². The van der Waals surface area contributed by atoms with E-state index in [1.807, 2.05) is 0 Å². The molecule has 1 heterocycles. The van der Waals surface area contributed by atoms with Crippen LogP contribution in [0.3, 0.4) is 0 Å². The Morgan fingerprint density at radius 1 is 1.12 bits per heavy atom. The van der Waals surface area contributed by atoms with Gasteiger partial charge in [0.2, 0.25) is 0 Å². The van der Waals surface area contributed by atoms with Crippen LogP contribution >= 0.6 is 0 Å². The monoisotopic (exact) mass is 339 g/mol. The summed E-state index contributed by atoms with van der Waals surface area (Å²) in [5, 5.41) is 3.17. The lowest BCUT2D eigenvalue weighted by atomic mass is 9.98. The van der Waals surface area contributed by atoms with Crippen LogP contribution in [0.5, 0.6) is 0 Å². The fraction of sp³-hybridized carbons (Fsp3) is 0.333. The van der Waals surface area contributed by atoms with Crippen molar-refractivity contribution in [2.75, 3.05) is 13.1 Å². The van der Waals surface area contributed by atoms with Gasteiger partial charge in [0.1, 0.15) is 5.82 Å². The molecule has 0 radical (unpaired) electrons. The summed E-state index contributed by atoms with van der Waals surface area (Å²) in [6.45, 7) is 1.76. The molecule has 0 saturated carbocycles. The van der Waals surface area contributed by atoms with Crippen LogP contribution in [-0.4, -0.2) is 19.2 Å². The van der Waals surface area contributed by atoms with Crippen molar-refractivity contribution in [3.8, 4) is 11.1 Å². The molecule has 1 unspecified atom stereocenters. The highest BCUT2D eigenvalue weighted by Gasteiger charge is 2.30. The zero-order valence-electron chi connectivity index (χ0n) is 12.9. The minimum atomic E-state index is -4.41. The standard InChI is InChI=1S/C18H17F4NO/c19-15-4-5-17(12-2-1-3-14(8-12)18(20,21)22)13(9-15)11-24-16-6-7-23-10-16/h1-5,8-9,16,23H,6-7,10-11H2. The third-order valence-corrected chi connectivity index (χ3v) is 4.06. The quantitative estimate of drug-likeness (QED) is 0.834. The normalized spacial score (nSPS) is 18.1. The molecule has 2 aromatic carbocycles. The molecule has 6 heteroatoms. The van der Waals surface area contributed by atoms with Crippen LogP contribution in [0.2, 0.25) is 0 Å². The molecule has 2 aromatic rings. The minimum absolute atomic E-state index is 0.0441. The average molecular weight is 339 g/mol. The number of ether oxygens (including phenoxy) is 1. The second kappa shape index (κ2) is 6.91. The summed E-state index contributed by atoms with van der Waals surface area (Å²) in [6, 6.07) is 9.10. The molecular weight excluding hydrogens is 322 g/mol. The third kappa shape index (κ3) is 3.94. The van der Waals surface area contributed by atoms with Gasteiger partial charge in [0.25, 0.3) is 0 Å². The number of alkyl halides is 3. The van der Waals surface area contributed by atoms with Crippen LogP contribution in [0.4, 0.5) is 17.6 Å². The average Bonchev–Trinajstić information content (AvgIpc) is 3.06. The van der Waals surface area contributed by atoms with E-state index in [0.29, 0.717) is 16.7 Å². The van der Waals surface area contributed by atoms with Crippen molar-refractivity contribution < 1.29 is 22.3 Å². The van der Waals surface area contributed by atoms with Gasteiger partial charge in [-0.1, -0.05) is 18.2 Å². The second-order valence-electron chi connectivity index (χ2n) is 5.81. The lowest BCUT2D eigenvalue weighted by molar-refractivity contribution is -0.137. The molecule has 24 heavy (non-hydrogen) atoms. The Labute approximate surface area is 137 Å². The molecule has 1 aliphatic heterocycles. The number of nitrogens with one attached hydrogen (secondary N) is 1. The van der Waals surface area contributed by atoms with Gasteiger partial charge in [0, 0.05) is 6.54 Å². The Morgan fingerprint density at radius 3 is 2.67 bits per heavy atom. The number of halogens is 4. The van der Waals surface area contributed by atoms with Crippen molar-refractivity contribution in [2.45, 2.75) is 25.3 Å². The van der Waals surface area contributed by atoms with Gasteiger partial charge in [-0.3, -0.25) is 0 Å². The van der Waals surface area contributed by atoms with Crippen molar-refractivity contribution in [2.24, 2.45) is 0 Å². The zero-order chi connectivity index (χ0) is 17.2. The van der Waals surface area contributed by atoms with Crippen molar-refractivity contribution >= 4 is 0 Å². The van der Waals surface area contributed by atoms with Crippen molar-refractivity contribution in [3.05, 3.63) is 59.4 Å². The molecule has 0 aromatic heterocycles. The molecule has 0 amide bonds. The van der Waals surface area contributed by atoms with Gasteiger partial charge < -0.3 is 10.1 Å². The zero-order valence-corrected chi connectivity index (χ0v) is 12.9. The first kappa shape index (κ1) is 16.9.